The highest BCUT2D eigenvalue weighted by atomic mass is 16.3. The number of hydrogen-bond acceptors (Lipinski definition) is 1. The van der Waals surface area contributed by atoms with Crippen molar-refractivity contribution in [1.29, 1.82) is 0 Å². The van der Waals surface area contributed by atoms with Crippen molar-refractivity contribution in [2.24, 2.45) is 0 Å². The van der Waals surface area contributed by atoms with E-state index in [2.05, 4.69) is 66.7 Å². The van der Waals surface area contributed by atoms with Gasteiger partial charge in [-0.15, -0.1) is 21.9 Å². The van der Waals surface area contributed by atoms with E-state index in [1.54, 1.807) is 0 Å². The van der Waals surface area contributed by atoms with E-state index in [9.17, 15) is 0 Å². The normalized spacial score (nSPS) is 11.7. The zero-order chi connectivity index (χ0) is 39.3. The van der Waals surface area contributed by atoms with Crippen LogP contribution in [-0.4, -0.2) is 62.8 Å². The number of rotatable bonds is 4. The maximum atomic E-state index is 6.99. The molecule has 9 aromatic carbocycles. The summed E-state index contributed by atoms with van der Waals surface area (Å²) in [7, 11) is 54.4. The molecule has 0 aliphatic rings. The molecule has 1 nitrogen and oxygen atoms in total. The van der Waals surface area contributed by atoms with E-state index in [1.165, 1.54) is 0 Å². The second kappa shape index (κ2) is 13.3. The fraction of sp³-hybridized carbons (Fsp3) is 0. The number of furan rings is 1. The van der Waals surface area contributed by atoms with Crippen LogP contribution in [0.4, 0.5) is 0 Å². The molecule has 0 fully saturated rings. The minimum Gasteiger partial charge on any atom is -0.455 e. The van der Waals surface area contributed by atoms with E-state index in [4.69, 9.17) is 67.2 Å². The number of benzene rings is 9. The number of fused-ring (bicyclic) bond motifs is 7. The summed E-state index contributed by atoms with van der Waals surface area (Å²) in [4.78, 5) is 0. The topological polar surface area (TPSA) is 13.1 Å². The first kappa shape index (κ1) is 35.5. The zero-order valence-electron chi connectivity index (χ0n) is 30.7. The molecule has 10 rings (SSSR count). The Morgan fingerprint density at radius 3 is 1.40 bits per heavy atom. The fourth-order valence-electron chi connectivity index (χ4n) is 8.52. The molecule has 16 radical (unpaired) electrons. The third-order valence-corrected chi connectivity index (χ3v) is 11.4. The van der Waals surface area contributed by atoms with Crippen LogP contribution < -0.4 is 43.7 Å². The van der Waals surface area contributed by atoms with E-state index >= 15 is 0 Å². The Morgan fingerprint density at radius 1 is 0.298 bits per heavy atom. The molecule has 0 saturated carbocycles. The van der Waals surface area contributed by atoms with Crippen molar-refractivity contribution in [3.63, 3.8) is 0 Å². The highest BCUT2D eigenvalue weighted by Crippen LogP contribution is 2.42. The molecule has 0 spiro atoms. The molecule has 57 heavy (non-hydrogen) atoms. The molecule has 0 amide bonds. The molecule has 0 N–H and O–H groups in total. The lowest BCUT2D eigenvalue weighted by molar-refractivity contribution is 0.672. The van der Waals surface area contributed by atoms with E-state index in [0.717, 1.165) is 66.1 Å². The lowest BCUT2D eigenvalue weighted by Crippen LogP contribution is -2.50. The minimum absolute atomic E-state index is 0.171. The average molecular weight is 701 g/mol. The summed E-state index contributed by atoms with van der Waals surface area (Å²) in [6, 6.07) is 45.1. The van der Waals surface area contributed by atoms with E-state index in [-0.39, 0.29) is 43.7 Å². The molecular formula is C48H22B8O. The first-order valence-corrected chi connectivity index (χ1v) is 18.5. The summed E-state index contributed by atoms with van der Waals surface area (Å²) in [6.07, 6.45) is 0. The van der Waals surface area contributed by atoms with Gasteiger partial charge in [0.25, 0.3) is 0 Å². The van der Waals surface area contributed by atoms with Gasteiger partial charge in [-0.3, -0.25) is 0 Å². The molecule has 9 heteroatoms. The van der Waals surface area contributed by atoms with Crippen LogP contribution in [0.1, 0.15) is 0 Å². The lowest BCUT2D eigenvalue weighted by atomic mass is 9.59. The van der Waals surface area contributed by atoms with Crippen LogP contribution in [-0.2, 0) is 0 Å². The molecule has 0 bridgehead atoms. The smallest absolute Gasteiger partial charge is 0.143 e. The number of hydrogen-bond donors (Lipinski definition) is 0. The monoisotopic (exact) mass is 702 g/mol. The van der Waals surface area contributed by atoms with Crippen LogP contribution in [0, 0.1) is 0 Å². The third-order valence-electron chi connectivity index (χ3n) is 11.4. The molecule has 0 saturated heterocycles. The molecule has 1 aromatic heterocycles. The quantitative estimate of drug-likeness (QED) is 0.200. The van der Waals surface area contributed by atoms with Crippen LogP contribution >= 0.6 is 0 Å². The largest absolute Gasteiger partial charge is 0.455 e. The van der Waals surface area contributed by atoms with Gasteiger partial charge in [0, 0.05) is 16.2 Å². The molecular weight excluding hydrogens is 679 g/mol. The fourth-order valence-corrected chi connectivity index (χ4v) is 8.52. The summed E-state index contributed by atoms with van der Waals surface area (Å²) >= 11 is 0. The van der Waals surface area contributed by atoms with Crippen molar-refractivity contribution in [2.75, 3.05) is 0 Å². The Hall–Kier alpha value is -5.92. The molecule has 0 aliphatic heterocycles. The van der Waals surface area contributed by atoms with Crippen molar-refractivity contribution >= 4 is 161 Å². The summed E-state index contributed by atoms with van der Waals surface area (Å²) in [5, 5.41) is 6.62. The highest BCUT2D eigenvalue weighted by molar-refractivity contribution is 6.71. The van der Waals surface area contributed by atoms with E-state index in [1.807, 2.05) is 66.7 Å². The third kappa shape index (κ3) is 5.35. The summed E-state index contributed by atoms with van der Waals surface area (Å²) in [6.45, 7) is 0. The second-order valence-electron chi connectivity index (χ2n) is 14.6. The lowest BCUT2D eigenvalue weighted by Gasteiger charge is -2.28. The molecule has 0 unspecified atom stereocenters. The second-order valence-corrected chi connectivity index (χ2v) is 14.6. The summed E-state index contributed by atoms with van der Waals surface area (Å²) in [5.41, 5.74) is 10.4. The van der Waals surface area contributed by atoms with Crippen LogP contribution in [0.3, 0.4) is 0 Å². The standard InChI is InChI=1S/C48H22B8O/c49-40-36-34(26-15-13-24(14-16-26)28-18-20-33-32(22-28)31-19-17-25-9-4-5-12-30(25)48(31)57-33)37-39(43(52)47(56)45(54)41(37)50)35(38(36)42(51)46(55)44(40)53)29-11-6-10-27(21-29)23-7-2-1-3-8-23/h1-22H. The van der Waals surface area contributed by atoms with Crippen LogP contribution in [0.5, 0.6) is 0 Å². The Kier molecular flexibility index (Phi) is 8.31. The van der Waals surface area contributed by atoms with Gasteiger partial charge in [-0.1, -0.05) is 131 Å². The van der Waals surface area contributed by atoms with E-state index in [0.29, 0.717) is 32.7 Å². The van der Waals surface area contributed by atoms with Crippen LogP contribution in [0.15, 0.2) is 138 Å². The van der Waals surface area contributed by atoms with Crippen LogP contribution in [0.2, 0.25) is 0 Å². The van der Waals surface area contributed by atoms with Gasteiger partial charge in [-0.05, 0) is 95.7 Å². The highest BCUT2D eigenvalue weighted by Gasteiger charge is 2.25. The van der Waals surface area contributed by atoms with Crippen molar-refractivity contribution in [3.05, 3.63) is 133 Å². The van der Waals surface area contributed by atoms with Gasteiger partial charge in [-0.2, -0.15) is 0 Å². The summed E-state index contributed by atoms with van der Waals surface area (Å²) < 4.78 is 6.38. The first-order valence-electron chi connectivity index (χ1n) is 18.5. The minimum atomic E-state index is 0.171. The first-order chi connectivity index (χ1) is 27.6. The van der Waals surface area contributed by atoms with Gasteiger partial charge >= 0.3 is 0 Å². The van der Waals surface area contributed by atoms with Gasteiger partial charge in [0.05, 0.1) is 0 Å². The Bertz CT molecular complexity index is 3240. The van der Waals surface area contributed by atoms with E-state index < -0.39 is 0 Å². The van der Waals surface area contributed by atoms with Crippen molar-refractivity contribution < 1.29 is 4.42 Å². The molecule has 1 heterocycles. The Morgan fingerprint density at radius 2 is 0.772 bits per heavy atom. The molecule has 10 aromatic rings. The predicted octanol–water partition coefficient (Wildman–Crippen LogP) is 4.06. The van der Waals surface area contributed by atoms with Gasteiger partial charge in [0.1, 0.15) is 73.9 Å². The van der Waals surface area contributed by atoms with Crippen LogP contribution in [0.25, 0.3) is 98.8 Å². The summed E-state index contributed by atoms with van der Waals surface area (Å²) in [5.74, 6) is 0. The van der Waals surface area contributed by atoms with Gasteiger partial charge in [-0.25, -0.2) is 0 Å². The van der Waals surface area contributed by atoms with Gasteiger partial charge in [0.15, 0.2) is 0 Å². The predicted molar refractivity (Wildman–Crippen MR) is 251 cm³/mol. The Labute approximate surface area is 341 Å². The van der Waals surface area contributed by atoms with Crippen molar-refractivity contribution in [3.8, 4) is 44.5 Å². The molecule has 0 aliphatic carbocycles. The van der Waals surface area contributed by atoms with Gasteiger partial charge < -0.3 is 4.42 Å². The molecule has 0 atom stereocenters. The van der Waals surface area contributed by atoms with Crippen molar-refractivity contribution in [2.45, 2.75) is 0 Å². The Balaban J connectivity index is 1.24. The molecule has 244 valence electrons. The average Bonchev–Trinajstić information content (AvgIpc) is 3.64. The zero-order valence-corrected chi connectivity index (χ0v) is 30.7. The van der Waals surface area contributed by atoms with Gasteiger partial charge in [0.2, 0.25) is 0 Å². The SMILES string of the molecule is [B]c1c([B])c([B])c2c(-c3cccc(-c4ccccc4)c3)c3c([B])c([B])c([B])c([B])c3c(-c3ccc(-c4ccc5oc6c7ccccc7ccc6c5c4)cc3)c2c1[B]. The maximum Gasteiger partial charge on any atom is 0.143 e. The van der Waals surface area contributed by atoms with Crippen molar-refractivity contribution in [1.82, 2.24) is 0 Å². The maximum absolute atomic E-state index is 6.99.